The molecule has 0 radical (unpaired) electrons. The molecule has 0 aromatic carbocycles. The Kier molecular flexibility index (Phi) is 3.07. The van der Waals surface area contributed by atoms with Crippen molar-refractivity contribution >= 4 is 11.9 Å². The molecule has 0 aromatic heterocycles. The minimum absolute atomic E-state index is 0.0875. The molecule has 0 spiro atoms. The Hall–Kier alpha value is -1.06. The molecule has 1 fully saturated rings. The van der Waals surface area contributed by atoms with E-state index in [9.17, 15) is 9.59 Å². The highest BCUT2D eigenvalue weighted by Crippen LogP contribution is 2.43. The smallest absolute Gasteiger partial charge is 0.404 e. The van der Waals surface area contributed by atoms with Crippen molar-refractivity contribution in [1.82, 2.24) is 5.32 Å². The fourth-order valence-corrected chi connectivity index (χ4v) is 2.45. The van der Waals surface area contributed by atoms with Gasteiger partial charge in [0.2, 0.25) is 0 Å². The van der Waals surface area contributed by atoms with E-state index in [1.165, 1.54) is 0 Å². The zero-order valence-electron chi connectivity index (χ0n) is 9.59. The van der Waals surface area contributed by atoms with Crippen molar-refractivity contribution in [3.63, 3.8) is 0 Å². The second-order valence-electron chi connectivity index (χ2n) is 5.45. The molecule has 1 saturated carbocycles. The molecule has 2 N–H and O–H groups in total. The number of carbonyl (C=O) groups is 2. The lowest BCUT2D eigenvalue weighted by atomic mass is 9.64. The first-order valence-corrected chi connectivity index (χ1v) is 5.25. The van der Waals surface area contributed by atoms with Crippen molar-refractivity contribution in [2.24, 2.45) is 10.8 Å². The van der Waals surface area contributed by atoms with Gasteiger partial charge in [-0.3, -0.25) is 4.79 Å². The molecular formula is C11H19NO3. The summed E-state index contributed by atoms with van der Waals surface area (Å²) in [6, 6.07) is 0. The normalized spacial score (nSPS) is 29.9. The van der Waals surface area contributed by atoms with E-state index in [-0.39, 0.29) is 16.6 Å². The van der Waals surface area contributed by atoms with Gasteiger partial charge in [-0.2, -0.15) is 0 Å². The maximum Gasteiger partial charge on any atom is 0.404 e. The van der Waals surface area contributed by atoms with Crippen LogP contribution in [0.3, 0.4) is 0 Å². The Balaban J connectivity index is 2.63. The molecule has 1 amide bonds. The van der Waals surface area contributed by atoms with E-state index in [2.05, 4.69) is 5.32 Å². The predicted octanol–water partition coefficient (Wildman–Crippen LogP) is 2.04. The fraction of sp³-hybridized carbons (Fsp3) is 0.818. The minimum atomic E-state index is -0.995. The SMILES string of the molecule is CC1(CNC(=O)O)CCC(=O)C(C)(C)C1. The van der Waals surface area contributed by atoms with Gasteiger partial charge in [0.25, 0.3) is 0 Å². The zero-order chi connectivity index (χ0) is 11.7. The Morgan fingerprint density at radius 3 is 2.53 bits per heavy atom. The van der Waals surface area contributed by atoms with Gasteiger partial charge in [-0.1, -0.05) is 20.8 Å². The van der Waals surface area contributed by atoms with E-state index in [0.717, 1.165) is 12.8 Å². The van der Waals surface area contributed by atoms with E-state index >= 15 is 0 Å². The Morgan fingerprint density at radius 2 is 2.07 bits per heavy atom. The summed E-state index contributed by atoms with van der Waals surface area (Å²) in [6.07, 6.45) is 1.09. The van der Waals surface area contributed by atoms with Crippen LogP contribution >= 0.6 is 0 Å². The number of rotatable bonds is 2. The van der Waals surface area contributed by atoms with Gasteiger partial charge in [-0.05, 0) is 18.3 Å². The lowest BCUT2D eigenvalue weighted by Crippen LogP contribution is -2.44. The van der Waals surface area contributed by atoms with Crippen LogP contribution < -0.4 is 5.32 Å². The van der Waals surface area contributed by atoms with Gasteiger partial charge in [-0.15, -0.1) is 0 Å². The summed E-state index contributed by atoms with van der Waals surface area (Å²) in [5.74, 6) is 0.287. The fourth-order valence-electron chi connectivity index (χ4n) is 2.45. The third kappa shape index (κ3) is 2.94. The van der Waals surface area contributed by atoms with Crippen molar-refractivity contribution in [1.29, 1.82) is 0 Å². The maximum absolute atomic E-state index is 11.6. The highest BCUT2D eigenvalue weighted by atomic mass is 16.4. The first-order valence-electron chi connectivity index (χ1n) is 5.25. The zero-order valence-corrected chi connectivity index (χ0v) is 9.59. The molecule has 0 bridgehead atoms. The van der Waals surface area contributed by atoms with Gasteiger partial charge in [0.05, 0.1) is 0 Å². The summed E-state index contributed by atoms with van der Waals surface area (Å²) in [6.45, 7) is 6.34. The number of carboxylic acid groups (broad SMARTS) is 1. The highest BCUT2D eigenvalue weighted by molar-refractivity contribution is 5.85. The van der Waals surface area contributed by atoms with Crippen LogP contribution in [0.1, 0.15) is 40.0 Å². The minimum Gasteiger partial charge on any atom is -0.465 e. The third-order valence-corrected chi connectivity index (χ3v) is 3.25. The summed E-state index contributed by atoms with van der Waals surface area (Å²) < 4.78 is 0. The first-order chi connectivity index (χ1) is 6.75. The molecular weight excluding hydrogens is 194 g/mol. The number of Topliss-reactive ketones (excluding diaryl/α,β-unsaturated/α-hetero) is 1. The van der Waals surface area contributed by atoms with E-state index < -0.39 is 6.09 Å². The van der Waals surface area contributed by atoms with E-state index in [0.29, 0.717) is 13.0 Å². The van der Waals surface area contributed by atoms with Crippen LogP contribution in [0, 0.1) is 10.8 Å². The average molecular weight is 213 g/mol. The molecule has 0 saturated heterocycles. The standard InChI is InChI=1S/C11H19NO3/c1-10(2)6-11(3,5-4-8(10)13)7-12-9(14)15/h12H,4-7H2,1-3H3,(H,14,15). The van der Waals surface area contributed by atoms with Gasteiger partial charge < -0.3 is 10.4 Å². The summed E-state index contributed by atoms with van der Waals surface area (Å²) >= 11 is 0. The average Bonchev–Trinajstić information content (AvgIpc) is 2.09. The second kappa shape index (κ2) is 3.83. The van der Waals surface area contributed by atoms with E-state index in [1.807, 2.05) is 20.8 Å². The van der Waals surface area contributed by atoms with E-state index in [1.54, 1.807) is 0 Å². The maximum atomic E-state index is 11.6. The van der Waals surface area contributed by atoms with Crippen LogP contribution in [-0.2, 0) is 4.79 Å². The van der Waals surface area contributed by atoms with Crippen molar-refractivity contribution in [2.75, 3.05) is 6.54 Å². The predicted molar refractivity (Wildman–Crippen MR) is 56.8 cm³/mol. The van der Waals surface area contributed by atoms with Crippen molar-refractivity contribution in [3.8, 4) is 0 Å². The quantitative estimate of drug-likeness (QED) is 0.737. The Bertz CT molecular complexity index is 286. The summed E-state index contributed by atoms with van der Waals surface area (Å²) in [7, 11) is 0. The first kappa shape index (κ1) is 12.0. The molecule has 0 aliphatic heterocycles. The molecule has 4 heteroatoms. The van der Waals surface area contributed by atoms with Crippen LogP contribution in [0.15, 0.2) is 0 Å². The third-order valence-electron chi connectivity index (χ3n) is 3.25. The molecule has 0 aromatic rings. The van der Waals surface area contributed by atoms with Crippen LogP contribution in [-0.4, -0.2) is 23.5 Å². The molecule has 1 atom stereocenters. The largest absolute Gasteiger partial charge is 0.465 e. The number of nitrogens with one attached hydrogen (secondary N) is 1. The van der Waals surface area contributed by atoms with Gasteiger partial charge in [-0.25, -0.2) is 4.79 Å². The van der Waals surface area contributed by atoms with Gasteiger partial charge in [0.15, 0.2) is 0 Å². The lowest BCUT2D eigenvalue weighted by molar-refractivity contribution is -0.132. The summed E-state index contributed by atoms with van der Waals surface area (Å²) in [5, 5.41) is 11.0. The number of hydrogen-bond donors (Lipinski definition) is 2. The molecule has 1 aliphatic carbocycles. The topological polar surface area (TPSA) is 66.4 Å². The van der Waals surface area contributed by atoms with Gasteiger partial charge in [0.1, 0.15) is 5.78 Å². The highest BCUT2D eigenvalue weighted by Gasteiger charge is 2.41. The second-order valence-corrected chi connectivity index (χ2v) is 5.45. The molecule has 1 rings (SSSR count). The van der Waals surface area contributed by atoms with Gasteiger partial charge in [0, 0.05) is 18.4 Å². The molecule has 15 heavy (non-hydrogen) atoms. The van der Waals surface area contributed by atoms with Crippen LogP contribution in [0.2, 0.25) is 0 Å². The van der Waals surface area contributed by atoms with Gasteiger partial charge >= 0.3 is 6.09 Å². The molecule has 0 heterocycles. The number of ketones is 1. The lowest BCUT2D eigenvalue weighted by Gasteiger charge is -2.41. The molecule has 86 valence electrons. The monoisotopic (exact) mass is 213 g/mol. The molecule has 1 aliphatic rings. The van der Waals surface area contributed by atoms with Crippen molar-refractivity contribution in [3.05, 3.63) is 0 Å². The molecule has 4 nitrogen and oxygen atoms in total. The molecule has 1 unspecified atom stereocenters. The van der Waals surface area contributed by atoms with Crippen molar-refractivity contribution in [2.45, 2.75) is 40.0 Å². The van der Waals surface area contributed by atoms with E-state index in [4.69, 9.17) is 5.11 Å². The number of amides is 1. The van der Waals surface area contributed by atoms with Crippen LogP contribution in [0.25, 0.3) is 0 Å². The van der Waals surface area contributed by atoms with Crippen LogP contribution in [0.5, 0.6) is 0 Å². The van der Waals surface area contributed by atoms with Crippen LogP contribution in [0.4, 0.5) is 4.79 Å². The summed E-state index contributed by atoms with van der Waals surface area (Å²) in [5.41, 5.74) is -0.400. The van der Waals surface area contributed by atoms with Crippen molar-refractivity contribution < 1.29 is 14.7 Å². The number of carbonyl (C=O) groups excluding carboxylic acids is 1. The Morgan fingerprint density at radius 1 is 1.47 bits per heavy atom. The summed E-state index contributed by atoms with van der Waals surface area (Å²) in [4.78, 5) is 22.0. The number of hydrogen-bond acceptors (Lipinski definition) is 2. The Labute approximate surface area is 90.0 Å².